The lowest BCUT2D eigenvalue weighted by Crippen LogP contribution is -2.43. The minimum atomic E-state index is 0.159. The van der Waals surface area contributed by atoms with E-state index in [1.807, 2.05) is 6.08 Å². The maximum absolute atomic E-state index is 5.34. The number of nitrogens with zero attached hydrogens (tertiary/aromatic N) is 2. The van der Waals surface area contributed by atoms with Crippen LogP contribution >= 0.6 is 0 Å². The summed E-state index contributed by atoms with van der Waals surface area (Å²) in [5.41, 5.74) is 10.0. The number of aliphatic imine (C=N–C) groups is 1. The molecule has 0 spiro atoms. The third-order valence-corrected chi connectivity index (χ3v) is 6.77. The van der Waals surface area contributed by atoms with E-state index in [0.29, 0.717) is 0 Å². The van der Waals surface area contributed by atoms with Gasteiger partial charge in [0.2, 0.25) is 5.69 Å². The molecule has 0 saturated heterocycles. The lowest BCUT2D eigenvalue weighted by atomic mass is 9.77. The summed E-state index contributed by atoms with van der Waals surface area (Å²) < 4.78 is 2.38. The minimum absolute atomic E-state index is 0.159. The van der Waals surface area contributed by atoms with Gasteiger partial charge in [0.15, 0.2) is 12.7 Å². The van der Waals surface area contributed by atoms with Crippen LogP contribution in [0.5, 0.6) is 0 Å². The van der Waals surface area contributed by atoms with E-state index in [1.165, 1.54) is 39.1 Å². The highest BCUT2D eigenvalue weighted by molar-refractivity contribution is 5.87. The molecule has 0 saturated carbocycles. The molecule has 1 aliphatic rings. The molecule has 2 aromatic carbocycles. The molecule has 168 valence electrons. The normalized spacial score (nSPS) is 16.5. The Bertz CT molecular complexity index is 1350. The number of terminal acetylenes is 1. The van der Waals surface area contributed by atoms with Gasteiger partial charge in [-0.15, -0.1) is 6.42 Å². The highest BCUT2D eigenvalue weighted by Crippen LogP contribution is 2.40. The number of fused-ring (bicyclic) bond motifs is 3. The zero-order chi connectivity index (χ0) is 24.1. The smallest absolute Gasteiger partial charge is 0.213 e. The molecular formula is C32H31N2+. The number of hydrogen-bond acceptors (Lipinski definition) is 1. The van der Waals surface area contributed by atoms with Crippen LogP contribution < -0.4 is 4.57 Å². The van der Waals surface area contributed by atoms with Crippen LogP contribution in [0, 0.1) is 25.2 Å². The molecule has 2 atom stereocenters. The SMILES string of the molecule is C#C/C=C\N=C(/C)C(C)/C(=C\C=C)C1C[n+]2ccc(-c3ccccc3C)cc2-c2ccccc21. The molecule has 4 rings (SSSR count). The van der Waals surface area contributed by atoms with E-state index in [0.717, 1.165) is 12.3 Å². The molecule has 1 aliphatic heterocycles. The fourth-order valence-corrected chi connectivity index (χ4v) is 4.85. The largest absolute Gasteiger partial charge is 0.265 e. The molecule has 0 amide bonds. The van der Waals surface area contributed by atoms with Crippen LogP contribution in [0.3, 0.4) is 0 Å². The van der Waals surface area contributed by atoms with Crippen molar-refractivity contribution in [3.05, 3.63) is 115 Å². The van der Waals surface area contributed by atoms with Gasteiger partial charge in [0.1, 0.15) is 0 Å². The standard InChI is InChI=1S/C32H31N2/c1-6-8-19-33-25(5)24(4)28(13-7-2)31-22-34-20-18-26(27-15-10-9-14-23(27)3)21-32(34)30-17-12-11-16-29(30)31/h1,7-21,24,31H,2,22H2,3-5H3/q+1/b19-8-,28-13+,33-25+. The van der Waals surface area contributed by atoms with E-state index in [-0.39, 0.29) is 11.8 Å². The molecule has 1 aromatic heterocycles. The Morgan fingerprint density at radius 1 is 1.15 bits per heavy atom. The second kappa shape index (κ2) is 10.3. The topological polar surface area (TPSA) is 16.2 Å². The predicted octanol–water partition coefficient (Wildman–Crippen LogP) is 7.07. The Labute approximate surface area is 203 Å². The van der Waals surface area contributed by atoms with E-state index in [4.69, 9.17) is 6.42 Å². The van der Waals surface area contributed by atoms with Crippen LogP contribution in [-0.4, -0.2) is 5.71 Å². The molecular weight excluding hydrogens is 412 g/mol. The fourth-order valence-electron chi connectivity index (χ4n) is 4.85. The van der Waals surface area contributed by atoms with Crippen molar-refractivity contribution in [3.63, 3.8) is 0 Å². The summed E-state index contributed by atoms with van der Waals surface area (Å²) >= 11 is 0. The zero-order valence-electron chi connectivity index (χ0n) is 20.2. The van der Waals surface area contributed by atoms with Gasteiger partial charge in [-0.2, -0.15) is 4.57 Å². The van der Waals surface area contributed by atoms with Gasteiger partial charge in [-0.3, -0.25) is 4.99 Å². The molecule has 0 N–H and O–H groups in total. The number of allylic oxidation sites excluding steroid dienone is 4. The Kier molecular flexibility index (Phi) is 7.04. The maximum Gasteiger partial charge on any atom is 0.213 e. The van der Waals surface area contributed by atoms with Crippen LogP contribution in [-0.2, 0) is 6.54 Å². The Morgan fingerprint density at radius 2 is 1.88 bits per heavy atom. The van der Waals surface area contributed by atoms with Crippen molar-refractivity contribution in [1.82, 2.24) is 0 Å². The molecule has 0 radical (unpaired) electrons. The van der Waals surface area contributed by atoms with Crippen molar-refractivity contribution in [2.75, 3.05) is 0 Å². The fraction of sp³-hybridized carbons (Fsp3) is 0.188. The second-order valence-electron chi connectivity index (χ2n) is 8.78. The summed E-state index contributed by atoms with van der Waals surface area (Å²) in [6, 6.07) is 21.9. The number of aryl methyl sites for hydroxylation is 1. The molecule has 0 aliphatic carbocycles. The molecule has 3 aromatic rings. The maximum atomic E-state index is 5.34. The highest BCUT2D eigenvalue weighted by Gasteiger charge is 2.34. The first-order valence-electron chi connectivity index (χ1n) is 11.7. The molecule has 2 unspecified atom stereocenters. The molecule has 0 fully saturated rings. The summed E-state index contributed by atoms with van der Waals surface area (Å²) in [5.74, 6) is 2.89. The van der Waals surface area contributed by atoms with E-state index in [1.54, 1.807) is 12.3 Å². The Morgan fingerprint density at radius 3 is 2.62 bits per heavy atom. The number of pyridine rings is 1. The van der Waals surface area contributed by atoms with Gasteiger partial charge in [-0.25, -0.2) is 0 Å². The summed E-state index contributed by atoms with van der Waals surface area (Å²) in [7, 11) is 0. The van der Waals surface area contributed by atoms with Crippen LogP contribution in [0.2, 0.25) is 0 Å². The predicted molar refractivity (Wildman–Crippen MR) is 144 cm³/mol. The Hall–Kier alpha value is -3.96. The van der Waals surface area contributed by atoms with Gasteiger partial charge in [0.25, 0.3) is 0 Å². The van der Waals surface area contributed by atoms with Gasteiger partial charge < -0.3 is 0 Å². The van der Waals surface area contributed by atoms with Crippen molar-refractivity contribution in [2.24, 2.45) is 10.9 Å². The first kappa shape index (κ1) is 23.2. The third kappa shape index (κ3) is 4.56. The zero-order valence-corrected chi connectivity index (χ0v) is 20.2. The monoisotopic (exact) mass is 443 g/mol. The summed E-state index contributed by atoms with van der Waals surface area (Å²) in [4.78, 5) is 4.58. The van der Waals surface area contributed by atoms with E-state index >= 15 is 0 Å². The van der Waals surface area contributed by atoms with Crippen LogP contribution in [0.25, 0.3) is 22.4 Å². The average Bonchev–Trinajstić information content (AvgIpc) is 2.86. The molecule has 2 heterocycles. The van der Waals surface area contributed by atoms with E-state index < -0.39 is 0 Å². The Balaban J connectivity index is 1.79. The van der Waals surface area contributed by atoms with Crippen molar-refractivity contribution < 1.29 is 4.57 Å². The third-order valence-electron chi connectivity index (χ3n) is 6.77. The summed E-state index contributed by atoms with van der Waals surface area (Å²) in [6.07, 6.45) is 14.9. The molecule has 2 heteroatoms. The van der Waals surface area contributed by atoms with Gasteiger partial charge in [-0.05, 0) is 47.7 Å². The number of rotatable bonds is 6. The second-order valence-corrected chi connectivity index (χ2v) is 8.78. The minimum Gasteiger partial charge on any atom is -0.265 e. The number of hydrogen-bond donors (Lipinski definition) is 0. The van der Waals surface area contributed by atoms with Crippen LogP contribution in [0.1, 0.15) is 30.9 Å². The lowest BCUT2D eigenvalue weighted by Gasteiger charge is -2.29. The quantitative estimate of drug-likeness (QED) is 0.168. The van der Waals surface area contributed by atoms with Gasteiger partial charge in [0.05, 0.1) is 11.5 Å². The molecule has 0 bridgehead atoms. The van der Waals surface area contributed by atoms with Gasteiger partial charge in [-0.1, -0.05) is 74.0 Å². The van der Waals surface area contributed by atoms with Crippen molar-refractivity contribution in [2.45, 2.75) is 33.2 Å². The highest BCUT2D eigenvalue weighted by atomic mass is 15.0. The van der Waals surface area contributed by atoms with Crippen molar-refractivity contribution >= 4 is 5.71 Å². The van der Waals surface area contributed by atoms with Crippen molar-refractivity contribution in [3.8, 4) is 34.7 Å². The summed E-state index contributed by atoms with van der Waals surface area (Å²) in [6.45, 7) is 11.3. The number of aromatic nitrogens is 1. The van der Waals surface area contributed by atoms with Crippen LogP contribution in [0.15, 0.2) is 108 Å². The average molecular weight is 444 g/mol. The number of benzene rings is 2. The van der Waals surface area contributed by atoms with Crippen LogP contribution in [0.4, 0.5) is 0 Å². The summed E-state index contributed by atoms with van der Waals surface area (Å²) in [5, 5.41) is 0. The molecule has 34 heavy (non-hydrogen) atoms. The van der Waals surface area contributed by atoms with Gasteiger partial charge >= 0.3 is 0 Å². The molecule has 2 nitrogen and oxygen atoms in total. The lowest BCUT2D eigenvalue weighted by molar-refractivity contribution is -0.689. The van der Waals surface area contributed by atoms with E-state index in [2.05, 4.69) is 116 Å². The van der Waals surface area contributed by atoms with E-state index in [9.17, 15) is 0 Å². The first-order valence-corrected chi connectivity index (χ1v) is 11.7. The first-order chi connectivity index (χ1) is 16.5. The van der Waals surface area contributed by atoms with Gasteiger partial charge in [0, 0.05) is 36.0 Å². The van der Waals surface area contributed by atoms with Crippen molar-refractivity contribution in [1.29, 1.82) is 0 Å².